The lowest BCUT2D eigenvalue weighted by atomic mass is 10.0. The Labute approximate surface area is 114 Å². The molecule has 0 aliphatic carbocycles. The van der Waals surface area contributed by atoms with Crippen molar-refractivity contribution in [2.24, 2.45) is 5.92 Å². The highest BCUT2D eigenvalue weighted by atomic mass is 16.5. The highest BCUT2D eigenvalue weighted by molar-refractivity contribution is 5.88. The van der Waals surface area contributed by atoms with Crippen LogP contribution in [0.15, 0.2) is 24.3 Å². The zero-order valence-electron chi connectivity index (χ0n) is 11.4. The van der Waals surface area contributed by atoms with Gasteiger partial charge in [-0.15, -0.1) is 0 Å². The van der Waals surface area contributed by atoms with Crippen molar-refractivity contribution < 1.29 is 9.53 Å². The SMILES string of the molecule is CC(=O)Nc1ccc(CNCC2CCCOC2)cc1. The lowest BCUT2D eigenvalue weighted by Gasteiger charge is -2.22. The minimum absolute atomic E-state index is 0.0387. The summed E-state index contributed by atoms with van der Waals surface area (Å²) >= 11 is 0. The molecule has 1 aromatic rings. The monoisotopic (exact) mass is 262 g/mol. The van der Waals surface area contributed by atoms with Gasteiger partial charge < -0.3 is 15.4 Å². The zero-order valence-corrected chi connectivity index (χ0v) is 11.4. The van der Waals surface area contributed by atoms with Crippen molar-refractivity contribution in [2.75, 3.05) is 25.1 Å². The Balaban J connectivity index is 1.71. The maximum atomic E-state index is 10.9. The van der Waals surface area contributed by atoms with Crippen LogP contribution in [0.4, 0.5) is 5.69 Å². The molecule has 0 saturated carbocycles. The minimum Gasteiger partial charge on any atom is -0.381 e. The van der Waals surface area contributed by atoms with Crippen LogP contribution in [0.1, 0.15) is 25.3 Å². The number of benzene rings is 1. The van der Waals surface area contributed by atoms with E-state index in [9.17, 15) is 4.79 Å². The number of carbonyl (C=O) groups is 1. The molecular weight excluding hydrogens is 240 g/mol. The third-order valence-corrected chi connectivity index (χ3v) is 3.29. The van der Waals surface area contributed by atoms with Gasteiger partial charge in [0.25, 0.3) is 0 Å². The van der Waals surface area contributed by atoms with Crippen LogP contribution in [0.3, 0.4) is 0 Å². The fraction of sp³-hybridized carbons (Fsp3) is 0.533. The first-order valence-electron chi connectivity index (χ1n) is 6.89. The van der Waals surface area contributed by atoms with Gasteiger partial charge in [0.2, 0.25) is 5.91 Å². The van der Waals surface area contributed by atoms with Crippen LogP contribution in [-0.4, -0.2) is 25.7 Å². The van der Waals surface area contributed by atoms with Gasteiger partial charge in [0.15, 0.2) is 0 Å². The van der Waals surface area contributed by atoms with Gasteiger partial charge in [-0.3, -0.25) is 4.79 Å². The van der Waals surface area contributed by atoms with Gasteiger partial charge in [0.1, 0.15) is 0 Å². The second-order valence-electron chi connectivity index (χ2n) is 5.09. The van der Waals surface area contributed by atoms with Crippen molar-refractivity contribution in [1.82, 2.24) is 5.32 Å². The number of amides is 1. The van der Waals surface area contributed by atoms with E-state index in [4.69, 9.17) is 4.74 Å². The van der Waals surface area contributed by atoms with Crippen LogP contribution in [-0.2, 0) is 16.1 Å². The highest BCUT2D eigenvalue weighted by Gasteiger charge is 2.12. The fourth-order valence-corrected chi connectivity index (χ4v) is 2.30. The van der Waals surface area contributed by atoms with Crippen LogP contribution < -0.4 is 10.6 Å². The molecule has 19 heavy (non-hydrogen) atoms. The second kappa shape index (κ2) is 7.26. The summed E-state index contributed by atoms with van der Waals surface area (Å²) in [6, 6.07) is 7.94. The molecule has 4 nitrogen and oxygen atoms in total. The Morgan fingerprint density at radius 3 is 2.79 bits per heavy atom. The van der Waals surface area contributed by atoms with E-state index < -0.39 is 0 Å². The molecule has 1 heterocycles. The third-order valence-electron chi connectivity index (χ3n) is 3.29. The summed E-state index contributed by atoms with van der Waals surface area (Å²) in [7, 11) is 0. The second-order valence-corrected chi connectivity index (χ2v) is 5.09. The summed E-state index contributed by atoms with van der Waals surface area (Å²) in [5.41, 5.74) is 2.07. The van der Waals surface area contributed by atoms with Gasteiger partial charge in [-0.2, -0.15) is 0 Å². The third kappa shape index (κ3) is 5.01. The van der Waals surface area contributed by atoms with Crippen molar-refractivity contribution in [2.45, 2.75) is 26.3 Å². The predicted molar refractivity (Wildman–Crippen MR) is 76.0 cm³/mol. The number of hydrogen-bond acceptors (Lipinski definition) is 3. The Bertz CT molecular complexity index is 397. The predicted octanol–water partition coefficient (Wildman–Crippen LogP) is 2.16. The molecule has 1 saturated heterocycles. The van der Waals surface area contributed by atoms with Gasteiger partial charge in [-0.25, -0.2) is 0 Å². The van der Waals surface area contributed by atoms with Gasteiger partial charge in [0.05, 0.1) is 6.61 Å². The maximum absolute atomic E-state index is 10.9. The largest absolute Gasteiger partial charge is 0.381 e. The van der Waals surface area contributed by atoms with Crippen molar-refractivity contribution in [3.63, 3.8) is 0 Å². The Hall–Kier alpha value is -1.39. The normalized spacial score (nSPS) is 19.1. The quantitative estimate of drug-likeness (QED) is 0.855. The van der Waals surface area contributed by atoms with E-state index in [1.165, 1.54) is 25.3 Å². The van der Waals surface area contributed by atoms with E-state index in [-0.39, 0.29) is 5.91 Å². The standard InChI is InChI=1S/C15H22N2O2/c1-12(18)17-15-6-4-13(5-7-15)9-16-10-14-3-2-8-19-11-14/h4-7,14,16H,2-3,8-11H2,1H3,(H,17,18). The minimum atomic E-state index is -0.0387. The average Bonchev–Trinajstić information content (AvgIpc) is 2.41. The molecule has 1 unspecified atom stereocenters. The van der Waals surface area contributed by atoms with E-state index in [2.05, 4.69) is 10.6 Å². The van der Waals surface area contributed by atoms with Crippen LogP contribution in [0.5, 0.6) is 0 Å². The van der Waals surface area contributed by atoms with Crippen LogP contribution in [0.2, 0.25) is 0 Å². The van der Waals surface area contributed by atoms with Gasteiger partial charge in [-0.05, 0) is 36.5 Å². The molecule has 1 amide bonds. The van der Waals surface area contributed by atoms with Gasteiger partial charge >= 0.3 is 0 Å². The number of ether oxygens (including phenoxy) is 1. The lowest BCUT2D eigenvalue weighted by molar-refractivity contribution is -0.114. The Kier molecular flexibility index (Phi) is 5.36. The summed E-state index contributed by atoms with van der Waals surface area (Å²) in [4.78, 5) is 10.9. The van der Waals surface area contributed by atoms with Crippen LogP contribution in [0.25, 0.3) is 0 Å². The van der Waals surface area contributed by atoms with Crippen molar-refractivity contribution >= 4 is 11.6 Å². The molecule has 2 rings (SSSR count). The molecule has 0 radical (unpaired) electrons. The maximum Gasteiger partial charge on any atom is 0.221 e. The summed E-state index contributed by atoms with van der Waals surface area (Å²) in [6.07, 6.45) is 2.44. The molecule has 4 heteroatoms. The Morgan fingerprint density at radius 2 is 2.16 bits per heavy atom. The molecule has 1 aliphatic heterocycles. The molecule has 104 valence electrons. The highest BCUT2D eigenvalue weighted by Crippen LogP contribution is 2.13. The molecule has 1 aromatic carbocycles. The topological polar surface area (TPSA) is 50.4 Å². The van der Waals surface area contributed by atoms with Gasteiger partial charge in [0, 0.05) is 32.3 Å². The first-order chi connectivity index (χ1) is 9.24. The Morgan fingerprint density at radius 1 is 1.37 bits per heavy atom. The van der Waals surface area contributed by atoms with E-state index in [1.54, 1.807) is 0 Å². The molecule has 0 aromatic heterocycles. The van der Waals surface area contributed by atoms with E-state index in [1.807, 2.05) is 24.3 Å². The van der Waals surface area contributed by atoms with E-state index in [0.29, 0.717) is 5.92 Å². The van der Waals surface area contributed by atoms with Crippen LogP contribution >= 0.6 is 0 Å². The molecule has 1 aliphatic rings. The molecule has 1 fully saturated rings. The number of carbonyl (C=O) groups excluding carboxylic acids is 1. The molecule has 1 atom stereocenters. The average molecular weight is 262 g/mol. The van der Waals surface area contributed by atoms with Crippen molar-refractivity contribution in [3.05, 3.63) is 29.8 Å². The lowest BCUT2D eigenvalue weighted by Crippen LogP contribution is -2.28. The molecule has 2 N–H and O–H groups in total. The molecule has 0 bridgehead atoms. The first kappa shape index (κ1) is 14.0. The molecular formula is C15H22N2O2. The summed E-state index contributed by atoms with van der Waals surface area (Å²) in [5, 5.41) is 6.23. The number of anilines is 1. The number of nitrogens with one attached hydrogen (secondary N) is 2. The van der Waals surface area contributed by atoms with E-state index >= 15 is 0 Å². The van der Waals surface area contributed by atoms with Crippen LogP contribution in [0, 0.1) is 5.92 Å². The van der Waals surface area contributed by atoms with Gasteiger partial charge in [-0.1, -0.05) is 12.1 Å². The smallest absolute Gasteiger partial charge is 0.221 e. The fourth-order valence-electron chi connectivity index (χ4n) is 2.30. The summed E-state index contributed by atoms with van der Waals surface area (Å²) in [6.45, 7) is 5.18. The van der Waals surface area contributed by atoms with Crippen molar-refractivity contribution in [1.29, 1.82) is 0 Å². The molecule has 0 spiro atoms. The summed E-state index contributed by atoms with van der Waals surface area (Å²) in [5.74, 6) is 0.607. The number of rotatable bonds is 5. The summed E-state index contributed by atoms with van der Waals surface area (Å²) < 4.78 is 5.46. The first-order valence-corrected chi connectivity index (χ1v) is 6.89. The van der Waals surface area contributed by atoms with Crippen molar-refractivity contribution in [3.8, 4) is 0 Å². The number of hydrogen-bond donors (Lipinski definition) is 2. The van der Waals surface area contributed by atoms with E-state index in [0.717, 1.165) is 32.0 Å². The zero-order chi connectivity index (χ0) is 13.5.